The molecule has 3 heteroatoms. The quantitative estimate of drug-likeness (QED) is 0.730. The average molecular weight is 243 g/mol. The van der Waals surface area contributed by atoms with E-state index >= 15 is 0 Å². The number of carbonyl (C=O) groups is 1. The van der Waals surface area contributed by atoms with E-state index in [2.05, 4.69) is 24.9 Å². The van der Waals surface area contributed by atoms with E-state index in [9.17, 15) is 4.79 Å². The van der Waals surface area contributed by atoms with Gasteiger partial charge in [-0.25, -0.2) is 0 Å². The van der Waals surface area contributed by atoms with Crippen molar-refractivity contribution >= 4 is 18.5 Å². The molecule has 0 aromatic heterocycles. The van der Waals surface area contributed by atoms with Crippen molar-refractivity contribution in [1.82, 2.24) is 5.32 Å². The summed E-state index contributed by atoms with van der Waals surface area (Å²) in [5.41, 5.74) is 0. The van der Waals surface area contributed by atoms with Crippen LogP contribution in [0.3, 0.4) is 0 Å². The molecule has 0 heterocycles. The molecule has 0 bridgehead atoms. The molecule has 0 saturated heterocycles. The van der Waals surface area contributed by atoms with Crippen LogP contribution in [-0.2, 0) is 4.79 Å². The van der Waals surface area contributed by atoms with Crippen LogP contribution in [0.5, 0.6) is 0 Å². The summed E-state index contributed by atoms with van der Waals surface area (Å²) < 4.78 is 0. The number of carbonyl (C=O) groups excluding carboxylic acids is 1. The molecule has 1 aliphatic carbocycles. The summed E-state index contributed by atoms with van der Waals surface area (Å²) in [4.78, 5) is 11.9. The largest absolute Gasteiger partial charge is 0.352 e. The number of nitrogens with one attached hydrogen (secondary N) is 1. The molecule has 1 N–H and O–H groups in total. The standard InChI is InChI=1S/C13H25NOS/c1-4-10-7-5-6-8-11(10)14-13(15)12(16)9(2)3/h9-12,16H,4-8H2,1-3H3,(H,14,15). The molecule has 3 atom stereocenters. The molecular formula is C13H25NOS. The van der Waals surface area contributed by atoms with Gasteiger partial charge in [0.15, 0.2) is 0 Å². The van der Waals surface area contributed by atoms with Gasteiger partial charge in [0.05, 0.1) is 5.25 Å². The maximum atomic E-state index is 11.9. The lowest BCUT2D eigenvalue weighted by molar-refractivity contribution is -0.122. The molecule has 3 unspecified atom stereocenters. The molecule has 1 fully saturated rings. The first-order valence-corrected chi connectivity index (χ1v) is 7.06. The molecule has 2 nitrogen and oxygen atoms in total. The first kappa shape index (κ1) is 13.9. The summed E-state index contributed by atoms with van der Waals surface area (Å²) in [6, 6.07) is 0.389. The van der Waals surface area contributed by atoms with Crippen molar-refractivity contribution in [3.63, 3.8) is 0 Å². The second-order valence-corrected chi connectivity index (χ2v) is 5.81. The minimum Gasteiger partial charge on any atom is -0.352 e. The van der Waals surface area contributed by atoms with Crippen LogP contribution in [0.1, 0.15) is 52.9 Å². The van der Waals surface area contributed by atoms with Gasteiger partial charge in [-0.15, -0.1) is 0 Å². The maximum absolute atomic E-state index is 11.9. The predicted molar refractivity (Wildman–Crippen MR) is 71.8 cm³/mol. The molecule has 1 amide bonds. The Kier molecular flexibility index (Phi) is 5.67. The van der Waals surface area contributed by atoms with Gasteiger partial charge in [0.2, 0.25) is 5.91 Å². The minimum atomic E-state index is -0.167. The fourth-order valence-electron chi connectivity index (χ4n) is 2.46. The van der Waals surface area contributed by atoms with Crippen LogP contribution < -0.4 is 5.32 Å². The highest BCUT2D eigenvalue weighted by molar-refractivity contribution is 7.81. The lowest BCUT2D eigenvalue weighted by Gasteiger charge is -2.32. The molecule has 1 rings (SSSR count). The van der Waals surface area contributed by atoms with Gasteiger partial charge in [-0.3, -0.25) is 4.79 Å². The van der Waals surface area contributed by atoms with Crippen molar-refractivity contribution in [2.24, 2.45) is 11.8 Å². The van der Waals surface area contributed by atoms with E-state index in [-0.39, 0.29) is 11.2 Å². The van der Waals surface area contributed by atoms with E-state index in [0.717, 1.165) is 6.42 Å². The number of hydrogen-bond donors (Lipinski definition) is 2. The van der Waals surface area contributed by atoms with Crippen LogP contribution in [0.15, 0.2) is 0 Å². The Balaban J connectivity index is 2.48. The minimum absolute atomic E-state index is 0.115. The van der Waals surface area contributed by atoms with Crippen molar-refractivity contribution in [3.05, 3.63) is 0 Å². The first-order valence-electron chi connectivity index (χ1n) is 6.54. The normalized spacial score (nSPS) is 27.8. The summed E-state index contributed by atoms with van der Waals surface area (Å²) in [5, 5.41) is 3.02. The first-order chi connectivity index (χ1) is 7.56. The lowest BCUT2D eigenvalue weighted by Crippen LogP contribution is -2.46. The summed E-state index contributed by atoms with van der Waals surface area (Å²) >= 11 is 4.37. The van der Waals surface area contributed by atoms with Crippen LogP contribution in [0.25, 0.3) is 0 Å². The molecular weight excluding hydrogens is 218 g/mol. The van der Waals surface area contributed by atoms with Crippen LogP contribution in [-0.4, -0.2) is 17.2 Å². The second-order valence-electron chi connectivity index (χ2n) is 5.26. The summed E-state index contributed by atoms with van der Waals surface area (Å²) in [7, 11) is 0. The van der Waals surface area contributed by atoms with Crippen LogP contribution in [0, 0.1) is 11.8 Å². The van der Waals surface area contributed by atoms with Crippen molar-refractivity contribution in [2.75, 3.05) is 0 Å². The Hall–Kier alpha value is -0.180. The highest BCUT2D eigenvalue weighted by atomic mass is 32.1. The smallest absolute Gasteiger partial charge is 0.233 e. The maximum Gasteiger partial charge on any atom is 0.233 e. The third-order valence-electron chi connectivity index (χ3n) is 3.66. The van der Waals surface area contributed by atoms with Gasteiger partial charge in [0.25, 0.3) is 0 Å². The van der Waals surface area contributed by atoms with E-state index in [1.165, 1.54) is 25.7 Å². The van der Waals surface area contributed by atoms with Gasteiger partial charge in [-0.2, -0.15) is 12.6 Å². The monoisotopic (exact) mass is 243 g/mol. The van der Waals surface area contributed by atoms with Crippen LogP contribution in [0.4, 0.5) is 0 Å². The van der Waals surface area contributed by atoms with E-state index in [4.69, 9.17) is 0 Å². The van der Waals surface area contributed by atoms with Crippen molar-refractivity contribution in [2.45, 2.75) is 64.2 Å². The number of rotatable bonds is 4. The zero-order chi connectivity index (χ0) is 12.1. The Labute approximate surface area is 105 Å². The zero-order valence-electron chi connectivity index (χ0n) is 10.7. The van der Waals surface area contributed by atoms with Crippen LogP contribution in [0.2, 0.25) is 0 Å². The highest BCUT2D eigenvalue weighted by Gasteiger charge is 2.27. The molecule has 1 aliphatic rings. The number of thiol groups is 1. The summed E-state index contributed by atoms with van der Waals surface area (Å²) in [6.07, 6.45) is 6.15. The Morgan fingerprint density at radius 1 is 1.38 bits per heavy atom. The van der Waals surface area contributed by atoms with Gasteiger partial charge in [0.1, 0.15) is 0 Å². The van der Waals surface area contributed by atoms with Crippen molar-refractivity contribution < 1.29 is 4.79 Å². The number of amides is 1. The molecule has 1 saturated carbocycles. The fraction of sp³-hybridized carbons (Fsp3) is 0.923. The highest BCUT2D eigenvalue weighted by Crippen LogP contribution is 2.27. The Bertz CT molecular complexity index is 230. The van der Waals surface area contributed by atoms with Crippen LogP contribution >= 0.6 is 12.6 Å². The van der Waals surface area contributed by atoms with Gasteiger partial charge < -0.3 is 5.32 Å². The van der Waals surface area contributed by atoms with Gasteiger partial charge in [-0.05, 0) is 24.7 Å². The summed E-state index contributed by atoms with van der Waals surface area (Å²) in [5.74, 6) is 1.08. The van der Waals surface area contributed by atoms with E-state index < -0.39 is 0 Å². The van der Waals surface area contributed by atoms with Gasteiger partial charge in [-0.1, -0.05) is 40.0 Å². The second kappa shape index (κ2) is 6.53. The molecule has 0 spiro atoms. The topological polar surface area (TPSA) is 29.1 Å². The predicted octanol–water partition coefficient (Wildman–Crippen LogP) is 3.03. The number of hydrogen-bond acceptors (Lipinski definition) is 2. The SMILES string of the molecule is CCC1CCCCC1NC(=O)C(S)C(C)C. The average Bonchev–Trinajstić information content (AvgIpc) is 2.28. The third kappa shape index (κ3) is 3.69. The van der Waals surface area contributed by atoms with E-state index in [1.54, 1.807) is 0 Å². The molecule has 16 heavy (non-hydrogen) atoms. The molecule has 0 aliphatic heterocycles. The zero-order valence-corrected chi connectivity index (χ0v) is 11.6. The molecule has 94 valence electrons. The van der Waals surface area contributed by atoms with Crippen molar-refractivity contribution in [1.29, 1.82) is 0 Å². The Morgan fingerprint density at radius 3 is 2.56 bits per heavy atom. The van der Waals surface area contributed by atoms with E-state index in [1.807, 2.05) is 13.8 Å². The molecule has 0 aromatic rings. The van der Waals surface area contributed by atoms with Crippen molar-refractivity contribution in [3.8, 4) is 0 Å². The third-order valence-corrected chi connectivity index (χ3v) is 4.49. The molecule has 0 aromatic carbocycles. The Morgan fingerprint density at radius 2 is 2.00 bits per heavy atom. The summed E-state index contributed by atoms with van der Waals surface area (Å²) in [6.45, 7) is 6.29. The fourth-order valence-corrected chi connectivity index (χ4v) is 2.53. The van der Waals surface area contributed by atoms with Gasteiger partial charge in [0, 0.05) is 6.04 Å². The lowest BCUT2D eigenvalue weighted by atomic mass is 9.83. The van der Waals surface area contributed by atoms with E-state index in [0.29, 0.717) is 17.9 Å². The van der Waals surface area contributed by atoms with Gasteiger partial charge >= 0.3 is 0 Å². The molecule has 0 radical (unpaired) electrons.